The number of amides is 1. The van der Waals surface area contributed by atoms with E-state index in [0.717, 1.165) is 5.56 Å². The zero-order chi connectivity index (χ0) is 14.9. The van der Waals surface area contributed by atoms with Crippen molar-refractivity contribution in [3.63, 3.8) is 0 Å². The van der Waals surface area contributed by atoms with E-state index in [1.165, 1.54) is 0 Å². The van der Waals surface area contributed by atoms with Crippen LogP contribution >= 0.6 is 11.6 Å². The molecule has 1 heterocycles. The maximum absolute atomic E-state index is 12.0. The number of carbonyl (C=O) groups excluding carboxylic acids is 1. The summed E-state index contributed by atoms with van der Waals surface area (Å²) in [6.45, 7) is 6.23. The lowest BCUT2D eigenvalue weighted by molar-refractivity contribution is 0.0270. The molecule has 4 nitrogen and oxygen atoms in total. The monoisotopic (exact) mass is 297 g/mol. The molecule has 2 rings (SSSR count). The molecule has 0 aliphatic carbocycles. The third-order valence-electron chi connectivity index (χ3n) is 3.24. The number of hydrogen-bond donors (Lipinski definition) is 1. The van der Waals surface area contributed by atoms with Crippen LogP contribution in [0.1, 0.15) is 32.3 Å². The Morgan fingerprint density at radius 3 is 2.45 bits per heavy atom. The summed E-state index contributed by atoms with van der Waals surface area (Å²) < 4.78 is 5.33. The van der Waals surface area contributed by atoms with Crippen LogP contribution in [-0.2, 0) is 4.74 Å². The van der Waals surface area contributed by atoms with Crippen molar-refractivity contribution in [2.24, 2.45) is 0 Å². The van der Waals surface area contributed by atoms with Crippen LogP contribution in [0.4, 0.5) is 4.79 Å². The number of rotatable bonds is 1. The normalized spacial score (nSPS) is 22.9. The third-order valence-corrected chi connectivity index (χ3v) is 3.49. The molecule has 1 aromatic rings. The predicted molar refractivity (Wildman–Crippen MR) is 78.0 cm³/mol. The number of likely N-dealkylation sites (tertiary alicyclic amines) is 1. The van der Waals surface area contributed by atoms with Gasteiger partial charge in [0.1, 0.15) is 5.60 Å². The predicted octanol–water partition coefficient (Wildman–Crippen LogP) is 3.04. The summed E-state index contributed by atoms with van der Waals surface area (Å²) in [7, 11) is 0. The van der Waals surface area contributed by atoms with Crippen molar-refractivity contribution < 1.29 is 14.6 Å². The number of hydrogen-bond acceptors (Lipinski definition) is 3. The average molecular weight is 298 g/mol. The van der Waals surface area contributed by atoms with Crippen molar-refractivity contribution in [2.45, 2.75) is 38.4 Å². The largest absolute Gasteiger partial charge is 0.444 e. The van der Waals surface area contributed by atoms with Gasteiger partial charge in [0.15, 0.2) is 0 Å². The number of carbonyl (C=O) groups is 1. The molecular formula is C15H20ClNO3. The number of ether oxygens (including phenoxy) is 1. The molecule has 110 valence electrons. The zero-order valence-corrected chi connectivity index (χ0v) is 12.7. The van der Waals surface area contributed by atoms with E-state index in [0.29, 0.717) is 18.1 Å². The third kappa shape index (κ3) is 3.64. The van der Waals surface area contributed by atoms with E-state index in [2.05, 4.69) is 0 Å². The molecule has 1 aliphatic heterocycles. The van der Waals surface area contributed by atoms with Crippen LogP contribution in [0.15, 0.2) is 24.3 Å². The lowest BCUT2D eigenvalue weighted by Gasteiger charge is -2.24. The van der Waals surface area contributed by atoms with Crippen LogP contribution in [0.25, 0.3) is 0 Å². The Morgan fingerprint density at radius 2 is 1.90 bits per heavy atom. The van der Waals surface area contributed by atoms with E-state index in [1.807, 2.05) is 32.9 Å². The van der Waals surface area contributed by atoms with Crippen molar-refractivity contribution in [3.8, 4) is 0 Å². The fourth-order valence-electron chi connectivity index (χ4n) is 2.30. The summed E-state index contributed by atoms with van der Waals surface area (Å²) >= 11 is 5.86. The maximum atomic E-state index is 12.0. The molecule has 1 aromatic carbocycles. The molecule has 0 bridgehead atoms. The molecule has 2 atom stereocenters. The highest BCUT2D eigenvalue weighted by Crippen LogP contribution is 2.29. The van der Waals surface area contributed by atoms with Gasteiger partial charge in [-0.3, -0.25) is 0 Å². The van der Waals surface area contributed by atoms with Gasteiger partial charge < -0.3 is 14.7 Å². The standard InChI is InChI=1S/C15H20ClNO3/c1-15(2,3)20-14(19)17-8-12(13(18)9-17)10-4-6-11(16)7-5-10/h4-7,12-13,18H,8-9H2,1-3H3/t12-,13+/m1/s1. The van der Waals surface area contributed by atoms with E-state index in [9.17, 15) is 9.90 Å². The molecule has 0 saturated carbocycles. The smallest absolute Gasteiger partial charge is 0.410 e. The van der Waals surface area contributed by atoms with Crippen LogP contribution in [0.2, 0.25) is 5.02 Å². The van der Waals surface area contributed by atoms with Gasteiger partial charge in [0.05, 0.1) is 12.6 Å². The van der Waals surface area contributed by atoms with Crippen molar-refractivity contribution >= 4 is 17.7 Å². The van der Waals surface area contributed by atoms with E-state index < -0.39 is 11.7 Å². The maximum Gasteiger partial charge on any atom is 0.410 e. The first-order valence-electron chi connectivity index (χ1n) is 6.68. The number of halogens is 1. The minimum Gasteiger partial charge on any atom is -0.444 e. The van der Waals surface area contributed by atoms with E-state index >= 15 is 0 Å². The number of aliphatic hydroxyl groups excluding tert-OH is 1. The second kappa shape index (κ2) is 5.62. The lowest BCUT2D eigenvalue weighted by atomic mass is 9.96. The molecule has 0 unspecified atom stereocenters. The van der Waals surface area contributed by atoms with Gasteiger partial charge in [-0.1, -0.05) is 23.7 Å². The molecule has 5 heteroatoms. The minimum atomic E-state index is -0.580. The molecule has 1 amide bonds. The Morgan fingerprint density at radius 1 is 1.30 bits per heavy atom. The molecule has 1 aliphatic rings. The Kier molecular flexibility index (Phi) is 4.25. The topological polar surface area (TPSA) is 49.8 Å². The molecular weight excluding hydrogens is 278 g/mol. The molecule has 1 fully saturated rings. The second-order valence-corrected chi connectivity index (χ2v) is 6.55. The van der Waals surface area contributed by atoms with Crippen molar-refractivity contribution in [1.82, 2.24) is 4.90 Å². The fraction of sp³-hybridized carbons (Fsp3) is 0.533. The summed E-state index contributed by atoms with van der Waals surface area (Å²) in [5, 5.41) is 10.8. The van der Waals surface area contributed by atoms with Gasteiger partial charge in [-0.05, 0) is 38.5 Å². The van der Waals surface area contributed by atoms with E-state index in [-0.39, 0.29) is 12.0 Å². The van der Waals surface area contributed by atoms with Crippen LogP contribution in [0.3, 0.4) is 0 Å². The summed E-state index contributed by atoms with van der Waals surface area (Å²) in [5.41, 5.74) is 0.452. The van der Waals surface area contributed by atoms with E-state index in [1.54, 1.807) is 17.0 Å². The molecule has 20 heavy (non-hydrogen) atoms. The quantitative estimate of drug-likeness (QED) is 0.867. The highest BCUT2D eigenvalue weighted by atomic mass is 35.5. The summed E-state index contributed by atoms with van der Waals surface area (Å²) in [5.74, 6) is -0.0974. The zero-order valence-electron chi connectivity index (χ0n) is 12.0. The average Bonchev–Trinajstić information content (AvgIpc) is 2.70. The first kappa shape index (κ1) is 15.1. The highest BCUT2D eigenvalue weighted by Gasteiger charge is 2.36. The molecule has 0 radical (unpaired) electrons. The van der Waals surface area contributed by atoms with Gasteiger partial charge in [-0.25, -0.2) is 4.79 Å². The molecule has 0 spiro atoms. The van der Waals surface area contributed by atoms with Gasteiger partial charge in [-0.2, -0.15) is 0 Å². The Bertz CT molecular complexity index is 481. The molecule has 1 N–H and O–H groups in total. The first-order valence-corrected chi connectivity index (χ1v) is 7.05. The van der Waals surface area contributed by atoms with Crippen molar-refractivity contribution in [2.75, 3.05) is 13.1 Å². The number of β-amino-alcohol motifs (C(OH)–C–C–N with tert-alkyl or cyclic N) is 1. The van der Waals surface area contributed by atoms with Crippen LogP contribution < -0.4 is 0 Å². The van der Waals surface area contributed by atoms with Gasteiger partial charge in [0, 0.05) is 17.5 Å². The van der Waals surface area contributed by atoms with Crippen molar-refractivity contribution in [3.05, 3.63) is 34.9 Å². The first-order chi connectivity index (χ1) is 9.26. The second-order valence-electron chi connectivity index (χ2n) is 6.11. The van der Waals surface area contributed by atoms with Crippen molar-refractivity contribution in [1.29, 1.82) is 0 Å². The SMILES string of the molecule is CC(C)(C)OC(=O)N1C[C@H](c2ccc(Cl)cc2)[C@@H](O)C1. The highest BCUT2D eigenvalue weighted by molar-refractivity contribution is 6.30. The fourth-order valence-corrected chi connectivity index (χ4v) is 2.43. The van der Waals surface area contributed by atoms with Gasteiger partial charge >= 0.3 is 6.09 Å². The van der Waals surface area contributed by atoms with E-state index in [4.69, 9.17) is 16.3 Å². The number of nitrogens with zero attached hydrogens (tertiary/aromatic N) is 1. The van der Waals surface area contributed by atoms with Gasteiger partial charge in [0.25, 0.3) is 0 Å². The summed E-state index contributed by atoms with van der Waals surface area (Å²) in [4.78, 5) is 13.6. The summed E-state index contributed by atoms with van der Waals surface area (Å²) in [6, 6.07) is 7.35. The Hall–Kier alpha value is -1.26. The van der Waals surface area contributed by atoms with Crippen LogP contribution in [0.5, 0.6) is 0 Å². The van der Waals surface area contributed by atoms with Crippen LogP contribution in [0, 0.1) is 0 Å². The summed E-state index contributed by atoms with van der Waals surface area (Å²) in [6.07, 6.45) is -0.961. The molecule has 0 aromatic heterocycles. The Labute approximate surface area is 124 Å². The van der Waals surface area contributed by atoms with Gasteiger partial charge in [-0.15, -0.1) is 0 Å². The number of benzene rings is 1. The minimum absolute atomic E-state index is 0.0974. The van der Waals surface area contributed by atoms with Crippen LogP contribution in [-0.4, -0.2) is 40.9 Å². The number of aliphatic hydroxyl groups is 1. The van der Waals surface area contributed by atoms with Gasteiger partial charge in [0.2, 0.25) is 0 Å². The Balaban J connectivity index is 2.05. The lowest BCUT2D eigenvalue weighted by Crippen LogP contribution is -2.35. The molecule has 1 saturated heterocycles.